The number of benzene rings is 3. The van der Waals surface area contributed by atoms with Crippen LogP contribution in [0.3, 0.4) is 0 Å². The summed E-state index contributed by atoms with van der Waals surface area (Å²) in [7, 11) is 0. The van der Waals surface area contributed by atoms with E-state index in [0.29, 0.717) is 23.7 Å². The molecule has 0 bridgehead atoms. The van der Waals surface area contributed by atoms with Gasteiger partial charge in [-0.2, -0.15) is 5.10 Å². The number of rotatable bonds is 6. The molecule has 7 rings (SSSR count). The van der Waals surface area contributed by atoms with Gasteiger partial charge < -0.3 is 20.3 Å². The maximum Gasteiger partial charge on any atom is 0.257 e. The third kappa shape index (κ3) is 5.45. The van der Waals surface area contributed by atoms with Crippen LogP contribution in [0, 0.1) is 24.6 Å². The van der Waals surface area contributed by atoms with Gasteiger partial charge in [0.2, 0.25) is 5.91 Å². The maximum absolute atomic E-state index is 15.3. The van der Waals surface area contributed by atoms with Gasteiger partial charge in [-0.25, -0.2) is 4.39 Å². The average molecular weight is 596 g/mol. The largest absolute Gasteiger partial charge is 0.382 e. The Hall–Kier alpha value is -4.24. The number of fused-ring (bicyclic) bond motifs is 2. The lowest BCUT2D eigenvalue weighted by Crippen LogP contribution is -2.54. The fraction of sp³-hybridized carbons (Fsp3) is 0.400. The van der Waals surface area contributed by atoms with Crippen LogP contribution >= 0.6 is 0 Å². The van der Waals surface area contributed by atoms with E-state index < -0.39 is 17.8 Å². The molecule has 0 radical (unpaired) electrons. The molecule has 3 heterocycles. The van der Waals surface area contributed by atoms with Gasteiger partial charge in [0.1, 0.15) is 5.82 Å². The lowest BCUT2D eigenvalue weighted by molar-refractivity contribution is -0.125. The van der Waals surface area contributed by atoms with E-state index in [1.807, 2.05) is 47.4 Å². The number of carbonyl (C=O) groups excluding carboxylic acids is 2. The SMILES string of the molecule is Cc1cccc(F)c1C(=O)N1C2CCCC2CC(C(=O)Nc2ccc3[nH]ncc3c2)[C@@H]1c1ccc(NC2CCOCC2)cc1. The van der Waals surface area contributed by atoms with Crippen LogP contribution in [0.15, 0.2) is 66.9 Å². The van der Waals surface area contributed by atoms with Gasteiger partial charge in [0.15, 0.2) is 0 Å². The molecule has 1 saturated carbocycles. The monoisotopic (exact) mass is 595 g/mol. The van der Waals surface area contributed by atoms with Gasteiger partial charge in [0.25, 0.3) is 5.91 Å². The first-order chi connectivity index (χ1) is 21.5. The highest BCUT2D eigenvalue weighted by atomic mass is 19.1. The standard InChI is InChI=1S/C35H38FN5O3/c1-21-4-2-6-29(36)32(21)35(43)41-31-7-3-5-23(31)19-28(34(42)39-27-12-13-30-24(18-27)20-37-40-30)33(41)22-8-10-25(11-9-22)38-26-14-16-44-17-15-26/h2,4,6,8-13,18,20,23,26,28,31,33,38H,3,5,7,14-17,19H2,1H3,(H,37,40)(H,39,42)/t23?,28?,31?,33-/m0/s1. The minimum Gasteiger partial charge on any atom is -0.382 e. The quantitative estimate of drug-likeness (QED) is 0.233. The molecule has 0 spiro atoms. The molecule has 3 aromatic carbocycles. The minimum absolute atomic E-state index is 0.0575. The van der Waals surface area contributed by atoms with Gasteiger partial charge in [-0.1, -0.05) is 30.7 Å². The van der Waals surface area contributed by atoms with E-state index in [9.17, 15) is 9.59 Å². The normalized spacial score (nSPS) is 23.8. The smallest absolute Gasteiger partial charge is 0.257 e. The first-order valence-electron chi connectivity index (χ1n) is 15.7. The van der Waals surface area contributed by atoms with E-state index in [-0.39, 0.29) is 29.3 Å². The second-order valence-corrected chi connectivity index (χ2v) is 12.5. The van der Waals surface area contributed by atoms with E-state index >= 15 is 4.39 Å². The molecule has 3 fully saturated rings. The molecule has 1 aliphatic carbocycles. The molecule has 1 aromatic heterocycles. The molecule has 8 nitrogen and oxygen atoms in total. The number of halogens is 1. The molecule has 3 aliphatic rings. The lowest BCUT2D eigenvalue weighted by atomic mass is 9.76. The number of likely N-dealkylation sites (tertiary alicyclic amines) is 1. The highest BCUT2D eigenvalue weighted by Gasteiger charge is 2.50. The van der Waals surface area contributed by atoms with Crippen molar-refractivity contribution in [3.05, 3.63) is 89.4 Å². The van der Waals surface area contributed by atoms with Crippen LogP contribution in [0.1, 0.15) is 66.1 Å². The van der Waals surface area contributed by atoms with E-state index in [1.165, 1.54) is 6.07 Å². The Morgan fingerprint density at radius 1 is 1.00 bits per heavy atom. The highest BCUT2D eigenvalue weighted by Crippen LogP contribution is 2.49. The van der Waals surface area contributed by atoms with Gasteiger partial charge >= 0.3 is 0 Å². The topological polar surface area (TPSA) is 99.4 Å². The summed E-state index contributed by atoms with van der Waals surface area (Å²) in [4.78, 5) is 30.5. The number of hydrogen-bond acceptors (Lipinski definition) is 5. The van der Waals surface area contributed by atoms with E-state index in [4.69, 9.17) is 4.74 Å². The summed E-state index contributed by atoms with van der Waals surface area (Å²) < 4.78 is 20.8. The lowest BCUT2D eigenvalue weighted by Gasteiger charge is -2.48. The van der Waals surface area contributed by atoms with Crippen molar-refractivity contribution in [2.75, 3.05) is 23.8 Å². The maximum atomic E-state index is 15.3. The number of nitrogens with zero attached hydrogens (tertiary/aromatic N) is 2. The Kier molecular flexibility index (Phi) is 7.80. The van der Waals surface area contributed by atoms with Crippen molar-refractivity contribution in [3.8, 4) is 0 Å². The van der Waals surface area contributed by atoms with Crippen LogP contribution in [-0.4, -0.2) is 52.2 Å². The first kappa shape index (κ1) is 28.5. The van der Waals surface area contributed by atoms with Crippen molar-refractivity contribution in [3.63, 3.8) is 0 Å². The predicted molar refractivity (Wildman–Crippen MR) is 168 cm³/mol. The van der Waals surface area contributed by atoms with Crippen LogP contribution in [0.25, 0.3) is 10.9 Å². The average Bonchev–Trinajstić information content (AvgIpc) is 3.70. The second kappa shape index (κ2) is 12.0. The van der Waals surface area contributed by atoms with Crippen molar-refractivity contribution in [1.29, 1.82) is 0 Å². The Labute approximate surface area is 256 Å². The zero-order valence-corrected chi connectivity index (χ0v) is 24.9. The molecule has 3 N–H and O–H groups in total. The Balaban J connectivity index is 1.26. The molecular formula is C35H38FN5O3. The number of nitrogens with one attached hydrogen (secondary N) is 3. The molecule has 3 unspecified atom stereocenters. The second-order valence-electron chi connectivity index (χ2n) is 12.5. The summed E-state index contributed by atoms with van der Waals surface area (Å²) in [5.74, 6) is -1.36. The summed E-state index contributed by atoms with van der Waals surface area (Å²) in [6.45, 7) is 3.27. The first-order valence-corrected chi connectivity index (χ1v) is 15.7. The summed E-state index contributed by atoms with van der Waals surface area (Å²) in [5, 5.41) is 14.7. The zero-order valence-electron chi connectivity index (χ0n) is 24.9. The van der Waals surface area contributed by atoms with Crippen molar-refractivity contribution >= 4 is 34.1 Å². The Bertz CT molecular complexity index is 1640. The molecule has 228 valence electrons. The van der Waals surface area contributed by atoms with Crippen molar-refractivity contribution in [1.82, 2.24) is 15.1 Å². The number of piperidine rings is 1. The predicted octanol–water partition coefficient (Wildman–Crippen LogP) is 6.61. The third-order valence-electron chi connectivity index (χ3n) is 9.77. The number of aromatic nitrogens is 2. The van der Waals surface area contributed by atoms with Crippen LogP contribution in [0.4, 0.5) is 15.8 Å². The molecule has 2 saturated heterocycles. The van der Waals surface area contributed by atoms with Gasteiger partial charge in [-0.05, 0) is 92.5 Å². The molecule has 44 heavy (non-hydrogen) atoms. The Morgan fingerprint density at radius 3 is 2.59 bits per heavy atom. The van der Waals surface area contributed by atoms with Crippen molar-refractivity contribution in [2.24, 2.45) is 11.8 Å². The summed E-state index contributed by atoms with van der Waals surface area (Å²) in [6, 6.07) is 18.2. The third-order valence-corrected chi connectivity index (χ3v) is 9.77. The van der Waals surface area contributed by atoms with Crippen molar-refractivity contribution in [2.45, 2.75) is 63.6 Å². The number of H-pyrrole nitrogens is 1. The number of amides is 2. The van der Waals surface area contributed by atoms with Gasteiger partial charge in [-0.3, -0.25) is 14.7 Å². The fourth-order valence-corrected chi connectivity index (χ4v) is 7.58. The van der Waals surface area contributed by atoms with Gasteiger partial charge in [-0.15, -0.1) is 0 Å². The zero-order chi connectivity index (χ0) is 30.2. The van der Waals surface area contributed by atoms with Crippen LogP contribution in [0.5, 0.6) is 0 Å². The van der Waals surface area contributed by atoms with Crippen LogP contribution < -0.4 is 10.6 Å². The highest BCUT2D eigenvalue weighted by molar-refractivity contribution is 5.99. The fourth-order valence-electron chi connectivity index (χ4n) is 7.58. The molecule has 2 amide bonds. The van der Waals surface area contributed by atoms with Gasteiger partial charge in [0.05, 0.1) is 29.2 Å². The molecular weight excluding hydrogens is 557 g/mol. The van der Waals surface area contributed by atoms with Crippen LogP contribution in [0.2, 0.25) is 0 Å². The number of carbonyl (C=O) groups is 2. The van der Waals surface area contributed by atoms with E-state index in [2.05, 4.69) is 20.8 Å². The summed E-state index contributed by atoms with van der Waals surface area (Å²) in [5.41, 5.74) is 4.12. The van der Waals surface area contributed by atoms with Gasteiger partial charge in [0, 0.05) is 42.1 Å². The number of ether oxygens (including phenoxy) is 1. The molecule has 9 heteroatoms. The molecule has 4 atom stereocenters. The van der Waals surface area contributed by atoms with E-state index in [1.54, 1.807) is 25.3 Å². The van der Waals surface area contributed by atoms with E-state index in [0.717, 1.165) is 67.5 Å². The molecule has 2 aliphatic heterocycles. The minimum atomic E-state index is -0.546. The number of anilines is 2. The number of aryl methyl sites for hydroxylation is 1. The summed E-state index contributed by atoms with van der Waals surface area (Å²) in [6.07, 6.45) is 7.05. The number of hydrogen-bond donors (Lipinski definition) is 3. The number of aromatic amines is 1. The van der Waals surface area contributed by atoms with Crippen molar-refractivity contribution < 1.29 is 18.7 Å². The van der Waals surface area contributed by atoms with Crippen LogP contribution in [-0.2, 0) is 9.53 Å². The Morgan fingerprint density at radius 2 is 1.80 bits per heavy atom. The summed E-state index contributed by atoms with van der Waals surface area (Å²) >= 11 is 0. The molecule has 4 aromatic rings.